The Balaban J connectivity index is 0.000000394. The van der Waals surface area contributed by atoms with Gasteiger partial charge in [0.05, 0.1) is 12.9 Å². The summed E-state index contributed by atoms with van der Waals surface area (Å²) in [4.78, 5) is 55.6. The summed E-state index contributed by atoms with van der Waals surface area (Å²) in [6.45, 7) is 5.24. The van der Waals surface area contributed by atoms with Gasteiger partial charge in [0.1, 0.15) is 19.8 Å². The van der Waals surface area contributed by atoms with Gasteiger partial charge in [-0.3, -0.25) is 8.98 Å². The number of thioether (sulfide) groups is 1. The van der Waals surface area contributed by atoms with E-state index in [4.69, 9.17) is 19.4 Å². The van der Waals surface area contributed by atoms with E-state index in [2.05, 4.69) is 124 Å². The van der Waals surface area contributed by atoms with Crippen LogP contribution >= 0.6 is 24.4 Å². The van der Waals surface area contributed by atoms with Gasteiger partial charge in [-0.15, -0.1) is 0 Å². The van der Waals surface area contributed by atoms with Gasteiger partial charge in [-0.1, -0.05) is 165 Å². The predicted octanol–water partition coefficient (Wildman–Crippen LogP) is 7.60. The largest absolute Gasteiger partial charge is 1.00 e. The van der Waals surface area contributed by atoms with Crippen molar-refractivity contribution in [3.05, 3.63) is 179 Å². The quantitative estimate of drug-likeness (QED) is 0.00924. The van der Waals surface area contributed by atoms with Gasteiger partial charge < -0.3 is 52.8 Å². The fourth-order valence-corrected chi connectivity index (χ4v) is 10.3. The monoisotopic (exact) mass is 1220 g/mol. The van der Waals surface area contributed by atoms with Crippen molar-refractivity contribution in [2.45, 2.75) is 58.3 Å². The molecule has 0 unspecified atom stereocenters. The van der Waals surface area contributed by atoms with Gasteiger partial charge in [0.2, 0.25) is 0 Å². The van der Waals surface area contributed by atoms with Gasteiger partial charge in [-0.2, -0.15) is 21.0 Å². The molecule has 0 spiro atoms. The fourth-order valence-electron chi connectivity index (χ4n) is 9.17. The Morgan fingerprint density at radius 1 is 0.537 bits per heavy atom. The summed E-state index contributed by atoms with van der Waals surface area (Å²) in [7, 11) is -3.45. The van der Waals surface area contributed by atoms with Gasteiger partial charge in [-0.05, 0) is 98.7 Å². The third-order valence-electron chi connectivity index (χ3n) is 12.4. The van der Waals surface area contributed by atoms with Crippen LogP contribution in [0.1, 0.15) is 91.7 Å². The number of ether oxygens (including phenoxy) is 3. The Labute approximate surface area is 542 Å². The van der Waals surface area contributed by atoms with Gasteiger partial charge in [0, 0.05) is 63.6 Å². The first-order valence-corrected chi connectivity index (χ1v) is 29.3. The van der Waals surface area contributed by atoms with Crippen LogP contribution in [-0.4, -0.2) is 114 Å². The van der Waals surface area contributed by atoms with Crippen LogP contribution in [0.5, 0.6) is 0 Å². The molecular formula is C60H71BKN4O12S4. The number of carbonyl (C=O) groups is 5. The molecule has 3 radical (unpaired) electrons. The van der Waals surface area contributed by atoms with Crippen LogP contribution in [-0.2, 0) is 50.7 Å². The molecule has 3 aliphatic carbocycles. The molecule has 0 atom stereocenters. The average Bonchev–Trinajstić information content (AvgIpc) is 4.22. The zero-order chi connectivity index (χ0) is 57.2. The number of amides is 3. The number of hydrogen-bond donors (Lipinski definition) is 6. The van der Waals surface area contributed by atoms with Crippen molar-refractivity contribution in [2.24, 2.45) is 5.90 Å². The van der Waals surface area contributed by atoms with Crippen LogP contribution in [0.3, 0.4) is 0 Å². The number of thiol groups is 1. The molecule has 6 N–H and O–H groups in total. The molecule has 0 fully saturated rings. The molecule has 9 rings (SSSR count). The van der Waals surface area contributed by atoms with Crippen LogP contribution in [0, 0.1) is 0 Å². The minimum atomic E-state index is -3.45. The van der Waals surface area contributed by atoms with Crippen molar-refractivity contribution in [1.29, 1.82) is 0 Å². The van der Waals surface area contributed by atoms with Crippen molar-refractivity contribution in [3.63, 3.8) is 0 Å². The molecule has 6 aromatic rings. The maximum atomic E-state index is 11.9. The smallest absolute Gasteiger partial charge is 0.742 e. The number of hydrogen-bond acceptors (Lipinski definition) is 16. The number of nitrogens with two attached hydrogens (primary N) is 1. The predicted molar refractivity (Wildman–Crippen MR) is 327 cm³/mol. The van der Waals surface area contributed by atoms with Crippen molar-refractivity contribution >= 4 is 84.1 Å². The van der Waals surface area contributed by atoms with Gasteiger partial charge in [0.15, 0.2) is 5.12 Å². The van der Waals surface area contributed by atoms with E-state index in [9.17, 15) is 32.4 Å². The molecule has 0 saturated heterocycles. The van der Waals surface area contributed by atoms with Crippen molar-refractivity contribution in [2.75, 3.05) is 63.8 Å². The number of nitrogens with one attached hydrogen (secondary N) is 3. The first kappa shape index (κ1) is 73.0. The summed E-state index contributed by atoms with van der Waals surface area (Å²) in [5.74, 6) is 5.17. The summed E-state index contributed by atoms with van der Waals surface area (Å²) in [6, 6.07) is 49.4. The van der Waals surface area contributed by atoms with Crippen LogP contribution < -0.4 is 73.2 Å². The second kappa shape index (κ2) is 38.7. The van der Waals surface area contributed by atoms with Crippen molar-refractivity contribution in [1.82, 2.24) is 16.0 Å². The first-order chi connectivity index (χ1) is 38.2. The molecule has 0 saturated carbocycles. The van der Waals surface area contributed by atoms with Crippen LogP contribution in [0.25, 0.3) is 33.4 Å². The number of fused-ring (bicyclic) bond motifs is 9. The molecular weight excluding hydrogens is 1150 g/mol. The third kappa shape index (κ3) is 22.8. The minimum Gasteiger partial charge on any atom is -0.742 e. The maximum Gasteiger partial charge on any atom is 1.00 e. The average molecular weight is 1220 g/mol. The van der Waals surface area contributed by atoms with Crippen molar-refractivity contribution < 1.29 is 107 Å². The summed E-state index contributed by atoms with van der Waals surface area (Å²) in [6.07, 6.45) is 1.68. The Hall–Kier alpha value is -5.08. The second-order valence-corrected chi connectivity index (χ2v) is 21.8. The standard InChI is InChI=1S/C20H21NO3S.C19H21NO5S.C18H19NO2S.C2H4OS.CH4.B.K.H3NO/c1-14(22)25-12-6-11-21-20(23)24-13-19-17-9-4-2-7-15(17)16-8-3-5-10-18(16)19;1-26(22,23)25-12-6-11-20-19(21)24-13-18-16-9-4-2-7-14(16)15-8-3-5-10-17(15)18;20-18(19-10-5-11-22)21-12-17-15-8-3-1-6-13(15)14-7-2-4-9-16(14)17;1-2(3)4;;;;1-2/h2-5,7-10,19H,6,11-13H2,1H3,(H,21,23);2-5,7-10,18H,6,11-13H2,1H3,(H,20,21);1-4,6-9,17,22H,5,10-12H2,(H,19,20);1H3,(H,3,4);1H4;;;2H,1H2/q;;;;;;+1;/p-1. The van der Waals surface area contributed by atoms with E-state index >= 15 is 0 Å². The minimum absolute atomic E-state index is 0. The Morgan fingerprint density at radius 3 is 1.05 bits per heavy atom. The van der Waals surface area contributed by atoms with E-state index < -0.39 is 22.3 Å². The van der Waals surface area contributed by atoms with Crippen LogP contribution in [0.4, 0.5) is 14.4 Å². The Bertz CT molecular complexity index is 2960. The molecule has 0 aromatic heterocycles. The summed E-state index contributed by atoms with van der Waals surface area (Å²) >= 11 is 9.37. The normalized spacial score (nSPS) is 11.7. The molecule has 0 aliphatic heterocycles. The molecule has 22 heteroatoms. The molecule has 431 valence electrons. The SMILES string of the molecule is C.CC(=O)SCCCNC(=O)OCC1c2ccccc2-c2ccccc21.CC(=O)[S-].CS(=O)(=O)OCCCNC(=O)OCC1c2ccccc2-c2ccccc21.NO.O=C(NCCCS)OCC1c2ccccc2-c2ccccc21.[B].[K+]. The molecule has 0 bridgehead atoms. The van der Waals surface area contributed by atoms with E-state index in [1.807, 2.05) is 72.8 Å². The first-order valence-electron chi connectivity index (χ1n) is 25.4. The Kier molecular flexibility index (Phi) is 34.5. The number of alkyl carbamates (subject to hydrolysis) is 3. The van der Waals surface area contributed by atoms with Gasteiger partial charge >= 0.3 is 69.7 Å². The van der Waals surface area contributed by atoms with Gasteiger partial charge in [0.25, 0.3) is 10.1 Å². The van der Waals surface area contributed by atoms with E-state index in [1.54, 1.807) is 6.92 Å². The third-order valence-corrected chi connectivity index (χ3v) is 14.2. The zero-order valence-corrected chi connectivity index (χ0v) is 52.3. The summed E-state index contributed by atoms with van der Waals surface area (Å²) < 4.78 is 42.5. The second-order valence-electron chi connectivity index (χ2n) is 17.9. The number of carbonyl (C=O) groups excluding carboxylic acids is 5. The number of benzene rings is 6. The molecule has 6 aromatic carbocycles. The molecule has 16 nitrogen and oxygen atoms in total. The van der Waals surface area contributed by atoms with Gasteiger partial charge in [-0.25, -0.2) is 20.3 Å². The molecule has 82 heavy (non-hydrogen) atoms. The van der Waals surface area contributed by atoms with E-state index in [0.717, 1.165) is 36.0 Å². The summed E-state index contributed by atoms with van der Waals surface area (Å²) in [5.41, 5.74) is 14.4. The van der Waals surface area contributed by atoms with E-state index in [1.165, 1.54) is 74.3 Å². The Morgan fingerprint density at radius 2 is 0.793 bits per heavy atom. The zero-order valence-electron chi connectivity index (χ0n) is 45.8. The number of rotatable bonds is 18. The van der Waals surface area contributed by atoms with Crippen LogP contribution in [0.2, 0.25) is 0 Å². The van der Waals surface area contributed by atoms with E-state index in [-0.39, 0.29) is 121 Å². The molecule has 3 aliphatic rings. The molecule has 3 amide bonds. The fraction of sp³-hybridized carbons (Fsp3) is 0.317. The topological polar surface area (TPSA) is 239 Å². The molecule has 0 heterocycles. The van der Waals surface area contributed by atoms with Crippen molar-refractivity contribution in [3.8, 4) is 33.4 Å². The summed E-state index contributed by atoms with van der Waals surface area (Å²) in [5, 5.41) is 14.4. The van der Waals surface area contributed by atoms with Crippen LogP contribution in [0.15, 0.2) is 146 Å². The maximum absolute atomic E-state index is 11.9. The van der Waals surface area contributed by atoms with E-state index in [0.29, 0.717) is 38.5 Å².